The molecule has 0 aromatic heterocycles. The molecular weight excluding hydrogens is 302 g/mol. The lowest BCUT2D eigenvalue weighted by molar-refractivity contribution is -0.140. The molecule has 1 N–H and O–H groups in total. The molecule has 2 aromatic carbocycles. The molecular formula is C16H17NO4S. The summed E-state index contributed by atoms with van der Waals surface area (Å²) in [4.78, 5) is 11.2. The van der Waals surface area contributed by atoms with E-state index in [2.05, 4.69) is 0 Å². The SMILES string of the molecule is O=C(O)[C@H]1CCCN1S(=O)(=O)Cc1ccc2ccccc2c1. The first-order valence-electron chi connectivity index (χ1n) is 7.17. The third-order valence-corrected chi connectivity index (χ3v) is 5.86. The van der Waals surface area contributed by atoms with Crippen molar-refractivity contribution in [2.45, 2.75) is 24.6 Å². The summed E-state index contributed by atoms with van der Waals surface area (Å²) < 4.78 is 26.2. The first kappa shape index (κ1) is 15.0. The highest BCUT2D eigenvalue weighted by molar-refractivity contribution is 7.88. The van der Waals surface area contributed by atoms with Crippen molar-refractivity contribution in [3.63, 3.8) is 0 Å². The predicted molar refractivity (Wildman–Crippen MR) is 83.9 cm³/mol. The van der Waals surface area contributed by atoms with Gasteiger partial charge in [0.1, 0.15) is 6.04 Å². The second-order valence-corrected chi connectivity index (χ2v) is 7.47. The average Bonchev–Trinajstić information content (AvgIpc) is 2.97. The van der Waals surface area contributed by atoms with Crippen molar-refractivity contribution in [1.82, 2.24) is 4.31 Å². The normalized spacial score (nSPS) is 19.5. The van der Waals surface area contributed by atoms with Gasteiger partial charge in [-0.1, -0.05) is 42.5 Å². The molecule has 0 aliphatic carbocycles. The van der Waals surface area contributed by atoms with E-state index in [-0.39, 0.29) is 12.3 Å². The molecule has 1 saturated heterocycles. The largest absolute Gasteiger partial charge is 0.480 e. The van der Waals surface area contributed by atoms with E-state index in [1.807, 2.05) is 36.4 Å². The Kier molecular flexibility index (Phi) is 3.88. The summed E-state index contributed by atoms with van der Waals surface area (Å²) >= 11 is 0. The van der Waals surface area contributed by atoms with Gasteiger partial charge >= 0.3 is 5.97 Å². The standard InChI is InChI=1S/C16H17NO4S/c18-16(19)15-6-3-9-17(15)22(20,21)11-12-7-8-13-4-1-2-5-14(13)10-12/h1-2,4-5,7-8,10,15H,3,6,9,11H2,(H,18,19)/t15-/m1/s1. The fourth-order valence-electron chi connectivity index (χ4n) is 2.94. The minimum absolute atomic E-state index is 0.165. The van der Waals surface area contributed by atoms with E-state index in [9.17, 15) is 13.2 Å². The number of benzene rings is 2. The number of rotatable bonds is 4. The van der Waals surface area contributed by atoms with Crippen LogP contribution in [0.2, 0.25) is 0 Å². The third-order valence-electron chi connectivity index (χ3n) is 4.01. The van der Waals surface area contributed by atoms with Gasteiger partial charge in [0.2, 0.25) is 10.0 Å². The Morgan fingerprint density at radius 1 is 1.18 bits per heavy atom. The number of aliphatic carboxylic acids is 1. The molecule has 1 aliphatic rings. The summed E-state index contributed by atoms with van der Waals surface area (Å²) in [6.07, 6.45) is 0.972. The molecule has 3 rings (SSSR count). The van der Waals surface area contributed by atoms with Crippen molar-refractivity contribution in [2.24, 2.45) is 0 Å². The van der Waals surface area contributed by atoms with Crippen molar-refractivity contribution >= 4 is 26.8 Å². The Labute approximate surface area is 129 Å². The maximum Gasteiger partial charge on any atom is 0.322 e. The van der Waals surface area contributed by atoms with Crippen LogP contribution in [-0.4, -0.2) is 36.4 Å². The van der Waals surface area contributed by atoms with E-state index in [0.717, 1.165) is 15.1 Å². The van der Waals surface area contributed by atoms with Crippen LogP contribution in [0.4, 0.5) is 0 Å². The minimum Gasteiger partial charge on any atom is -0.480 e. The monoisotopic (exact) mass is 319 g/mol. The number of sulfonamides is 1. The van der Waals surface area contributed by atoms with Gasteiger partial charge in [-0.2, -0.15) is 4.31 Å². The number of fused-ring (bicyclic) bond motifs is 1. The van der Waals surface area contributed by atoms with Crippen LogP contribution >= 0.6 is 0 Å². The first-order valence-corrected chi connectivity index (χ1v) is 8.78. The van der Waals surface area contributed by atoms with Crippen molar-refractivity contribution in [1.29, 1.82) is 0 Å². The van der Waals surface area contributed by atoms with E-state index >= 15 is 0 Å². The third kappa shape index (κ3) is 2.84. The number of carboxylic acid groups (broad SMARTS) is 1. The van der Waals surface area contributed by atoms with E-state index in [1.165, 1.54) is 0 Å². The van der Waals surface area contributed by atoms with Gasteiger partial charge in [-0.05, 0) is 29.2 Å². The zero-order valence-electron chi connectivity index (χ0n) is 12.0. The molecule has 0 saturated carbocycles. The summed E-state index contributed by atoms with van der Waals surface area (Å²) in [7, 11) is -3.62. The number of hydrogen-bond donors (Lipinski definition) is 1. The quantitative estimate of drug-likeness (QED) is 0.937. The Bertz CT molecular complexity index is 816. The average molecular weight is 319 g/mol. The second-order valence-electron chi connectivity index (χ2n) is 5.54. The molecule has 0 amide bonds. The van der Waals surface area contributed by atoms with Crippen LogP contribution < -0.4 is 0 Å². The van der Waals surface area contributed by atoms with Crippen LogP contribution in [0.15, 0.2) is 42.5 Å². The molecule has 2 aromatic rings. The molecule has 0 bridgehead atoms. The van der Waals surface area contributed by atoms with Crippen molar-refractivity contribution in [3.8, 4) is 0 Å². The van der Waals surface area contributed by atoms with Gasteiger partial charge < -0.3 is 5.11 Å². The van der Waals surface area contributed by atoms with Gasteiger partial charge in [0.25, 0.3) is 0 Å². The van der Waals surface area contributed by atoms with Crippen LogP contribution in [0.1, 0.15) is 18.4 Å². The fraction of sp³-hybridized carbons (Fsp3) is 0.312. The minimum atomic E-state index is -3.62. The first-order chi connectivity index (χ1) is 10.5. The van der Waals surface area contributed by atoms with Crippen molar-refractivity contribution < 1.29 is 18.3 Å². The molecule has 0 radical (unpaired) electrons. The number of carbonyl (C=O) groups is 1. The second kappa shape index (κ2) is 5.70. The zero-order chi connectivity index (χ0) is 15.7. The van der Waals surface area contributed by atoms with Crippen LogP contribution in [0.25, 0.3) is 10.8 Å². The highest BCUT2D eigenvalue weighted by Gasteiger charge is 2.38. The van der Waals surface area contributed by atoms with Crippen LogP contribution in [-0.2, 0) is 20.6 Å². The highest BCUT2D eigenvalue weighted by Crippen LogP contribution is 2.25. The van der Waals surface area contributed by atoms with E-state index in [0.29, 0.717) is 18.4 Å². The van der Waals surface area contributed by atoms with E-state index in [4.69, 9.17) is 5.11 Å². The van der Waals surface area contributed by atoms with E-state index in [1.54, 1.807) is 6.07 Å². The molecule has 0 spiro atoms. The lowest BCUT2D eigenvalue weighted by atomic mass is 10.1. The van der Waals surface area contributed by atoms with Gasteiger partial charge in [-0.15, -0.1) is 0 Å². The summed E-state index contributed by atoms with van der Waals surface area (Å²) in [6, 6.07) is 12.3. The lowest BCUT2D eigenvalue weighted by Crippen LogP contribution is -2.40. The molecule has 5 nitrogen and oxygen atoms in total. The summed E-state index contributed by atoms with van der Waals surface area (Å²) in [5.41, 5.74) is 0.676. The van der Waals surface area contributed by atoms with Gasteiger partial charge in [0.05, 0.1) is 5.75 Å². The Balaban J connectivity index is 1.88. The summed E-state index contributed by atoms with van der Waals surface area (Å²) in [5.74, 6) is -1.23. The number of carboxylic acids is 1. The van der Waals surface area contributed by atoms with E-state index < -0.39 is 22.0 Å². The van der Waals surface area contributed by atoms with Gasteiger partial charge in [0, 0.05) is 6.54 Å². The molecule has 1 aliphatic heterocycles. The maximum atomic E-state index is 12.5. The highest BCUT2D eigenvalue weighted by atomic mass is 32.2. The molecule has 22 heavy (non-hydrogen) atoms. The fourth-order valence-corrected chi connectivity index (χ4v) is 4.70. The maximum absolute atomic E-state index is 12.5. The van der Waals surface area contributed by atoms with Crippen LogP contribution in [0, 0.1) is 0 Å². The zero-order valence-corrected chi connectivity index (χ0v) is 12.8. The Hall–Kier alpha value is -1.92. The number of hydrogen-bond acceptors (Lipinski definition) is 3. The molecule has 0 unspecified atom stereocenters. The Morgan fingerprint density at radius 2 is 1.91 bits per heavy atom. The topological polar surface area (TPSA) is 74.7 Å². The molecule has 1 fully saturated rings. The number of nitrogens with zero attached hydrogens (tertiary/aromatic N) is 1. The van der Waals surface area contributed by atoms with Crippen LogP contribution in [0.3, 0.4) is 0 Å². The van der Waals surface area contributed by atoms with Gasteiger partial charge in [-0.3, -0.25) is 4.79 Å². The van der Waals surface area contributed by atoms with Gasteiger partial charge in [-0.25, -0.2) is 8.42 Å². The lowest BCUT2D eigenvalue weighted by Gasteiger charge is -2.21. The summed E-state index contributed by atoms with van der Waals surface area (Å²) in [6.45, 7) is 0.285. The predicted octanol–water partition coefficient (Wildman–Crippen LogP) is 2.22. The molecule has 6 heteroatoms. The van der Waals surface area contributed by atoms with Crippen molar-refractivity contribution in [2.75, 3.05) is 6.54 Å². The van der Waals surface area contributed by atoms with Crippen LogP contribution in [0.5, 0.6) is 0 Å². The molecule has 1 heterocycles. The molecule has 116 valence electrons. The van der Waals surface area contributed by atoms with Crippen molar-refractivity contribution in [3.05, 3.63) is 48.0 Å². The summed E-state index contributed by atoms with van der Waals surface area (Å²) in [5, 5.41) is 11.2. The molecule has 1 atom stereocenters. The van der Waals surface area contributed by atoms with Gasteiger partial charge in [0.15, 0.2) is 0 Å². The smallest absolute Gasteiger partial charge is 0.322 e. The Morgan fingerprint density at radius 3 is 2.64 bits per heavy atom.